The minimum Gasteiger partial charge on any atom is -0.305 e. The first-order chi connectivity index (χ1) is 10.00. The maximum atomic E-state index is 12.9. The van der Waals surface area contributed by atoms with Crippen LogP contribution in [-0.4, -0.2) is 61.2 Å². The Kier molecular flexibility index (Phi) is 3.68. The van der Waals surface area contributed by atoms with E-state index in [1.54, 1.807) is 18.2 Å². The van der Waals surface area contributed by atoms with Crippen LogP contribution >= 0.6 is 0 Å². The highest BCUT2D eigenvalue weighted by Gasteiger charge is 2.32. The Morgan fingerprint density at radius 2 is 2.14 bits per heavy atom. The summed E-state index contributed by atoms with van der Waals surface area (Å²) < 4.78 is 31.9. The number of rotatable bonds is 3. The van der Waals surface area contributed by atoms with Gasteiger partial charge >= 0.3 is 0 Å². The van der Waals surface area contributed by atoms with Gasteiger partial charge in [-0.15, -0.1) is 0 Å². The van der Waals surface area contributed by atoms with Gasteiger partial charge in [-0.2, -0.15) is 4.31 Å². The number of piperidine rings is 1. The summed E-state index contributed by atoms with van der Waals surface area (Å²) in [6.07, 6.45) is 1.86. The predicted octanol–water partition coefficient (Wildman–Crippen LogP) is 0.937. The fraction of sp³-hybridized carbons (Fsp3) is 0.538. The number of hydrogen-bond acceptors (Lipinski definition) is 6. The van der Waals surface area contributed by atoms with Crippen LogP contribution in [0.3, 0.4) is 0 Å². The third kappa shape index (κ3) is 2.54. The summed E-state index contributed by atoms with van der Waals surface area (Å²) in [4.78, 5) is 2.24. The van der Waals surface area contributed by atoms with Crippen molar-refractivity contribution in [2.75, 3.05) is 27.2 Å². The van der Waals surface area contributed by atoms with Crippen molar-refractivity contribution in [3.63, 3.8) is 0 Å². The second kappa shape index (κ2) is 5.36. The van der Waals surface area contributed by atoms with E-state index in [1.807, 2.05) is 14.1 Å². The van der Waals surface area contributed by atoms with Crippen LogP contribution in [0.1, 0.15) is 12.8 Å². The molecule has 8 heteroatoms. The Morgan fingerprint density at radius 1 is 1.33 bits per heavy atom. The Morgan fingerprint density at radius 3 is 2.90 bits per heavy atom. The van der Waals surface area contributed by atoms with Gasteiger partial charge in [-0.3, -0.25) is 0 Å². The fourth-order valence-corrected chi connectivity index (χ4v) is 4.34. The van der Waals surface area contributed by atoms with Crippen LogP contribution in [0.25, 0.3) is 11.0 Å². The molecule has 2 heterocycles. The quantitative estimate of drug-likeness (QED) is 0.839. The number of sulfonamides is 1. The molecule has 1 saturated heterocycles. The van der Waals surface area contributed by atoms with Crippen molar-refractivity contribution in [1.29, 1.82) is 0 Å². The van der Waals surface area contributed by atoms with E-state index in [-0.39, 0.29) is 10.9 Å². The van der Waals surface area contributed by atoms with Gasteiger partial charge in [0.1, 0.15) is 10.4 Å². The van der Waals surface area contributed by atoms with Crippen LogP contribution in [0.2, 0.25) is 0 Å². The topological polar surface area (TPSA) is 79.5 Å². The first kappa shape index (κ1) is 14.4. The molecule has 0 spiro atoms. The van der Waals surface area contributed by atoms with Gasteiger partial charge in [-0.1, -0.05) is 6.07 Å². The summed E-state index contributed by atoms with van der Waals surface area (Å²) in [5, 5.41) is 7.44. The smallest absolute Gasteiger partial charge is 0.245 e. The number of aromatic nitrogens is 2. The molecule has 0 N–H and O–H groups in total. The van der Waals surface area contributed by atoms with Gasteiger partial charge in [0.15, 0.2) is 5.52 Å². The Hall–Kier alpha value is -1.51. The Labute approximate surface area is 123 Å². The lowest BCUT2D eigenvalue weighted by atomic mass is 10.1. The molecule has 3 rings (SSSR count). The molecule has 0 unspecified atom stereocenters. The minimum absolute atomic E-state index is 0.167. The standard InChI is InChI=1S/C13H18N4O3S/c1-16(2)10-5-4-8-17(9-10)21(18,19)12-7-3-6-11-13(12)15-20-14-11/h3,6-7,10H,4-5,8-9H2,1-2H3/t10-/m0/s1. The molecular formula is C13H18N4O3S. The molecule has 2 aromatic rings. The van der Waals surface area contributed by atoms with Crippen molar-refractivity contribution in [2.45, 2.75) is 23.8 Å². The lowest BCUT2D eigenvalue weighted by molar-refractivity contribution is 0.190. The van der Waals surface area contributed by atoms with Crippen molar-refractivity contribution in [2.24, 2.45) is 0 Å². The van der Waals surface area contributed by atoms with Crippen LogP contribution in [0.15, 0.2) is 27.7 Å². The van der Waals surface area contributed by atoms with Crippen LogP contribution in [0.4, 0.5) is 0 Å². The van der Waals surface area contributed by atoms with E-state index in [2.05, 4.69) is 19.8 Å². The SMILES string of the molecule is CN(C)[C@H]1CCCN(S(=O)(=O)c2cccc3nonc23)C1. The molecule has 21 heavy (non-hydrogen) atoms. The maximum Gasteiger partial charge on any atom is 0.245 e. The molecule has 1 aromatic heterocycles. The van der Waals surface area contributed by atoms with Gasteiger partial charge in [0.05, 0.1) is 0 Å². The Bertz CT molecular complexity index is 741. The lowest BCUT2D eigenvalue weighted by Crippen LogP contribution is -2.47. The van der Waals surface area contributed by atoms with Gasteiger partial charge in [0, 0.05) is 19.1 Å². The van der Waals surface area contributed by atoms with E-state index in [1.165, 1.54) is 4.31 Å². The number of likely N-dealkylation sites (N-methyl/N-ethyl adjacent to an activating group) is 1. The van der Waals surface area contributed by atoms with Gasteiger partial charge in [-0.25, -0.2) is 13.0 Å². The van der Waals surface area contributed by atoms with Crippen molar-refractivity contribution in [1.82, 2.24) is 19.5 Å². The van der Waals surface area contributed by atoms with Crippen LogP contribution < -0.4 is 0 Å². The van der Waals surface area contributed by atoms with Crippen LogP contribution in [0, 0.1) is 0 Å². The summed E-state index contributed by atoms with van der Waals surface area (Å²) in [6.45, 7) is 1.03. The number of hydrogen-bond donors (Lipinski definition) is 0. The highest BCUT2D eigenvalue weighted by atomic mass is 32.2. The third-order valence-electron chi connectivity index (χ3n) is 3.96. The zero-order valence-corrected chi connectivity index (χ0v) is 12.9. The predicted molar refractivity (Wildman–Crippen MR) is 77.3 cm³/mol. The normalized spacial score (nSPS) is 21.2. The van der Waals surface area contributed by atoms with Gasteiger partial charge in [-0.05, 0) is 49.4 Å². The van der Waals surface area contributed by atoms with Gasteiger partial charge in [0.25, 0.3) is 0 Å². The average molecular weight is 310 g/mol. The molecule has 1 aliphatic heterocycles. The van der Waals surface area contributed by atoms with Crippen molar-refractivity contribution in [3.8, 4) is 0 Å². The summed E-state index contributed by atoms with van der Waals surface area (Å²) in [5.41, 5.74) is 0.752. The number of nitrogens with zero attached hydrogens (tertiary/aromatic N) is 4. The molecule has 0 radical (unpaired) electrons. The molecule has 0 amide bonds. The second-order valence-corrected chi connectivity index (χ2v) is 7.42. The second-order valence-electron chi connectivity index (χ2n) is 5.51. The van der Waals surface area contributed by atoms with Crippen molar-refractivity contribution < 1.29 is 13.0 Å². The minimum atomic E-state index is -3.58. The molecule has 1 fully saturated rings. The zero-order valence-electron chi connectivity index (χ0n) is 12.1. The van der Waals surface area contributed by atoms with Crippen molar-refractivity contribution >= 4 is 21.1 Å². The summed E-state index contributed by atoms with van der Waals surface area (Å²) in [6, 6.07) is 5.14. The maximum absolute atomic E-state index is 12.9. The zero-order chi connectivity index (χ0) is 15.0. The monoisotopic (exact) mass is 310 g/mol. The summed E-state index contributed by atoms with van der Waals surface area (Å²) >= 11 is 0. The highest BCUT2D eigenvalue weighted by molar-refractivity contribution is 7.89. The fourth-order valence-electron chi connectivity index (χ4n) is 2.69. The van der Waals surface area contributed by atoms with E-state index in [9.17, 15) is 8.42 Å². The molecule has 7 nitrogen and oxygen atoms in total. The van der Waals surface area contributed by atoms with Crippen LogP contribution in [-0.2, 0) is 10.0 Å². The van der Waals surface area contributed by atoms with E-state index >= 15 is 0 Å². The summed E-state index contributed by atoms with van der Waals surface area (Å²) in [7, 11) is 0.370. The largest absolute Gasteiger partial charge is 0.305 e. The molecule has 0 saturated carbocycles. The third-order valence-corrected chi connectivity index (χ3v) is 5.85. The molecule has 1 aromatic carbocycles. The van der Waals surface area contributed by atoms with E-state index < -0.39 is 10.0 Å². The van der Waals surface area contributed by atoms with Crippen LogP contribution in [0.5, 0.6) is 0 Å². The molecule has 1 aliphatic rings. The molecule has 0 bridgehead atoms. The molecule has 114 valence electrons. The first-order valence-electron chi connectivity index (χ1n) is 6.88. The number of benzene rings is 1. The number of fused-ring (bicyclic) bond motifs is 1. The molecular weight excluding hydrogens is 292 g/mol. The van der Waals surface area contributed by atoms with E-state index in [0.717, 1.165) is 12.8 Å². The van der Waals surface area contributed by atoms with E-state index in [4.69, 9.17) is 0 Å². The lowest BCUT2D eigenvalue weighted by Gasteiger charge is -2.35. The Balaban J connectivity index is 1.98. The van der Waals surface area contributed by atoms with E-state index in [0.29, 0.717) is 24.1 Å². The average Bonchev–Trinajstić information content (AvgIpc) is 2.95. The van der Waals surface area contributed by atoms with Crippen molar-refractivity contribution in [3.05, 3.63) is 18.2 Å². The highest BCUT2D eigenvalue weighted by Crippen LogP contribution is 2.26. The van der Waals surface area contributed by atoms with Gasteiger partial charge in [0.2, 0.25) is 10.0 Å². The first-order valence-corrected chi connectivity index (χ1v) is 8.32. The molecule has 0 aliphatic carbocycles. The molecule has 1 atom stereocenters. The van der Waals surface area contributed by atoms with Gasteiger partial charge < -0.3 is 4.90 Å². The summed E-state index contributed by atoms with van der Waals surface area (Å²) in [5.74, 6) is 0.